The van der Waals surface area contributed by atoms with Gasteiger partial charge in [-0.25, -0.2) is 4.39 Å². The third-order valence-electron chi connectivity index (χ3n) is 3.69. The van der Waals surface area contributed by atoms with Crippen molar-refractivity contribution in [2.45, 2.75) is 25.7 Å². The van der Waals surface area contributed by atoms with E-state index in [-0.39, 0.29) is 30.2 Å². The number of carbonyl (C=O) groups excluding carboxylic acids is 1. The molecule has 0 radical (unpaired) electrons. The number of aliphatic hydroxyl groups is 1. The molecule has 0 bridgehead atoms. The van der Waals surface area contributed by atoms with Crippen molar-refractivity contribution in [1.29, 1.82) is 0 Å². The molecular weight excluding hydrogens is 233 g/mol. The number of hydrogen-bond donors (Lipinski definition) is 2. The summed E-state index contributed by atoms with van der Waals surface area (Å²) >= 11 is 0. The minimum atomic E-state index is -0.298. The molecule has 0 aliphatic heterocycles. The van der Waals surface area contributed by atoms with Crippen LogP contribution in [-0.2, 0) is 11.2 Å². The molecule has 1 aliphatic rings. The summed E-state index contributed by atoms with van der Waals surface area (Å²) in [5.74, 6) is -0.380. The van der Waals surface area contributed by atoms with Crippen LogP contribution in [-0.4, -0.2) is 24.2 Å². The number of rotatable bonds is 5. The highest BCUT2D eigenvalue weighted by atomic mass is 19.1. The summed E-state index contributed by atoms with van der Waals surface area (Å²) in [6.07, 6.45) is 3.32. The number of hydrogen-bond acceptors (Lipinski definition) is 2. The fourth-order valence-corrected chi connectivity index (χ4v) is 2.20. The van der Waals surface area contributed by atoms with Crippen LogP contribution >= 0.6 is 0 Å². The number of nitrogens with one attached hydrogen (secondary N) is 1. The molecule has 4 heteroatoms. The molecule has 0 saturated heterocycles. The van der Waals surface area contributed by atoms with Crippen molar-refractivity contribution < 1.29 is 14.3 Å². The first-order chi connectivity index (χ1) is 8.63. The first-order valence-corrected chi connectivity index (χ1v) is 6.26. The van der Waals surface area contributed by atoms with Crippen molar-refractivity contribution in [3.05, 3.63) is 35.6 Å². The number of benzene rings is 1. The molecule has 1 fully saturated rings. The molecule has 0 atom stereocenters. The first-order valence-electron chi connectivity index (χ1n) is 6.26. The van der Waals surface area contributed by atoms with Gasteiger partial charge in [-0.1, -0.05) is 18.6 Å². The minimum Gasteiger partial charge on any atom is -0.396 e. The quantitative estimate of drug-likeness (QED) is 0.836. The highest BCUT2D eigenvalue weighted by Gasteiger charge is 2.36. The molecular formula is C14H18FNO2. The Hall–Kier alpha value is -1.42. The van der Waals surface area contributed by atoms with E-state index in [9.17, 15) is 14.3 Å². The zero-order chi connectivity index (χ0) is 13.0. The Kier molecular flexibility index (Phi) is 3.97. The summed E-state index contributed by atoms with van der Waals surface area (Å²) in [6.45, 7) is 0.660. The van der Waals surface area contributed by atoms with Gasteiger partial charge in [0.05, 0.1) is 13.0 Å². The van der Waals surface area contributed by atoms with Crippen LogP contribution in [0.5, 0.6) is 0 Å². The second-order valence-corrected chi connectivity index (χ2v) is 5.09. The third kappa shape index (κ3) is 3.07. The maximum atomic E-state index is 12.7. The molecule has 3 nitrogen and oxygen atoms in total. The van der Waals surface area contributed by atoms with Gasteiger partial charge in [-0.05, 0) is 30.5 Å². The van der Waals surface area contributed by atoms with Crippen LogP contribution in [0.2, 0.25) is 0 Å². The second-order valence-electron chi connectivity index (χ2n) is 5.09. The van der Waals surface area contributed by atoms with E-state index in [1.165, 1.54) is 12.1 Å². The van der Waals surface area contributed by atoms with Crippen LogP contribution in [0, 0.1) is 11.2 Å². The maximum absolute atomic E-state index is 12.7. The van der Waals surface area contributed by atoms with E-state index in [1.54, 1.807) is 12.1 Å². The van der Waals surface area contributed by atoms with E-state index in [2.05, 4.69) is 5.32 Å². The van der Waals surface area contributed by atoms with Crippen LogP contribution in [0.25, 0.3) is 0 Å². The van der Waals surface area contributed by atoms with Crippen molar-refractivity contribution in [2.24, 2.45) is 5.41 Å². The third-order valence-corrected chi connectivity index (χ3v) is 3.69. The fraction of sp³-hybridized carbons (Fsp3) is 0.500. The molecule has 2 rings (SSSR count). The van der Waals surface area contributed by atoms with Gasteiger partial charge in [0.1, 0.15) is 5.82 Å². The van der Waals surface area contributed by atoms with Gasteiger partial charge in [-0.3, -0.25) is 4.79 Å². The number of aliphatic hydroxyl groups excluding tert-OH is 1. The predicted octanol–water partition coefficient (Wildman–Crippen LogP) is 1.65. The van der Waals surface area contributed by atoms with Gasteiger partial charge in [0.2, 0.25) is 5.91 Å². The Balaban J connectivity index is 1.80. The molecule has 0 spiro atoms. The predicted molar refractivity (Wildman–Crippen MR) is 66.5 cm³/mol. The average molecular weight is 251 g/mol. The standard InChI is InChI=1S/C14H18FNO2/c15-12-4-2-11(3-5-12)8-13(18)16-9-14(10-17)6-1-7-14/h2-5,17H,1,6-10H2,(H,16,18). The number of halogens is 1. The van der Waals surface area contributed by atoms with Crippen molar-refractivity contribution in [3.63, 3.8) is 0 Å². The highest BCUT2D eigenvalue weighted by Crippen LogP contribution is 2.39. The van der Waals surface area contributed by atoms with Crippen molar-refractivity contribution in [2.75, 3.05) is 13.2 Å². The molecule has 1 amide bonds. The highest BCUT2D eigenvalue weighted by molar-refractivity contribution is 5.78. The number of carbonyl (C=O) groups is 1. The Labute approximate surface area is 106 Å². The molecule has 98 valence electrons. The first kappa shape index (κ1) is 13.0. The molecule has 0 aromatic heterocycles. The zero-order valence-corrected chi connectivity index (χ0v) is 10.3. The molecule has 0 heterocycles. The Morgan fingerprint density at radius 1 is 1.33 bits per heavy atom. The lowest BCUT2D eigenvalue weighted by Crippen LogP contribution is -2.44. The minimum absolute atomic E-state index is 0.0821. The van der Waals surface area contributed by atoms with Crippen molar-refractivity contribution in [1.82, 2.24) is 5.32 Å². The lowest BCUT2D eigenvalue weighted by atomic mass is 9.69. The SMILES string of the molecule is O=C(Cc1ccc(F)cc1)NCC1(CO)CCC1. The van der Waals surface area contributed by atoms with Gasteiger partial charge >= 0.3 is 0 Å². The topological polar surface area (TPSA) is 49.3 Å². The molecule has 2 N–H and O–H groups in total. The van der Waals surface area contributed by atoms with Gasteiger partial charge in [0.15, 0.2) is 0 Å². The summed E-state index contributed by atoms with van der Waals surface area (Å²) in [4.78, 5) is 11.7. The molecule has 18 heavy (non-hydrogen) atoms. The van der Waals surface area contributed by atoms with Gasteiger partial charge in [0, 0.05) is 12.0 Å². The maximum Gasteiger partial charge on any atom is 0.224 e. The normalized spacial score (nSPS) is 17.0. The van der Waals surface area contributed by atoms with E-state index in [1.807, 2.05) is 0 Å². The van der Waals surface area contributed by atoms with Crippen molar-refractivity contribution >= 4 is 5.91 Å². The van der Waals surface area contributed by atoms with Crippen LogP contribution in [0.4, 0.5) is 4.39 Å². The van der Waals surface area contributed by atoms with Crippen LogP contribution in [0.1, 0.15) is 24.8 Å². The van der Waals surface area contributed by atoms with Crippen LogP contribution < -0.4 is 5.32 Å². The summed E-state index contributed by atoms with van der Waals surface area (Å²) in [7, 11) is 0. The monoisotopic (exact) mass is 251 g/mol. The van der Waals surface area contributed by atoms with Gasteiger partial charge in [-0.2, -0.15) is 0 Å². The summed E-state index contributed by atoms with van der Waals surface area (Å²) in [6, 6.07) is 5.92. The molecule has 1 aromatic carbocycles. The smallest absolute Gasteiger partial charge is 0.224 e. The van der Waals surface area contributed by atoms with Gasteiger partial charge in [-0.15, -0.1) is 0 Å². The van der Waals surface area contributed by atoms with E-state index < -0.39 is 0 Å². The Morgan fingerprint density at radius 3 is 2.50 bits per heavy atom. The Morgan fingerprint density at radius 2 is 2.00 bits per heavy atom. The molecule has 1 saturated carbocycles. The zero-order valence-electron chi connectivity index (χ0n) is 10.3. The fourth-order valence-electron chi connectivity index (χ4n) is 2.20. The lowest BCUT2D eigenvalue weighted by molar-refractivity contribution is -0.121. The van der Waals surface area contributed by atoms with Gasteiger partial charge in [0.25, 0.3) is 0 Å². The summed E-state index contributed by atoms with van der Waals surface area (Å²) in [5, 5.41) is 12.1. The summed E-state index contributed by atoms with van der Waals surface area (Å²) < 4.78 is 12.7. The average Bonchev–Trinajstić information content (AvgIpc) is 2.31. The molecule has 0 unspecified atom stereocenters. The lowest BCUT2D eigenvalue weighted by Gasteiger charge is -2.40. The number of amides is 1. The van der Waals surface area contributed by atoms with Crippen LogP contribution in [0.3, 0.4) is 0 Å². The Bertz CT molecular complexity index is 407. The molecule has 1 aromatic rings. The van der Waals surface area contributed by atoms with E-state index in [4.69, 9.17) is 0 Å². The van der Waals surface area contributed by atoms with Crippen LogP contribution in [0.15, 0.2) is 24.3 Å². The van der Waals surface area contributed by atoms with Gasteiger partial charge < -0.3 is 10.4 Å². The second kappa shape index (κ2) is 5.48. The largest absolute Gasteiger partial charge is 0.396 e. The van der Waals surface area contributed by atoms with E-state index in [0.717, 1.165) is 24.8 Å². The van der Waals surface area contributed by atoms with E-state index >= 15 is 0 Å². The van der Waals surface area contributed by atoms with Crippen molar-refractivity contribution in [3.8, 4) is 0 Å². The molecule has 1 aliphatic carbocycles. The van der Waals surface area contributed by atoms with E-state index in [0.29, 0.717) is 6.54 Å². The summed E-state index contributed by atoms with van der Waals surface area (Å²) in [5.41, 5.74) is 0.693.